The van der Waals surface area contributed by atoms with Crippen LogP contribution in [0.2, 0.25) is 0 Å². The first kappa shape index (κ1) is 31.5. The number of carbonyl (C=O) groups excluding carboxylic acids is 1. The lowest BCUT2D eigenvalue weighted by Crippen LogP contribution is -2.58. The van der Waals surface area contributed by atoms with Crippen LogP contribution in [0.25, 0.3) is 32.9 Å². The zero-order valence-electron chi connectivity index (χ0n) is 26.3. The second-order valence-corrected chi connectivity index (χ2v) is 12.7. The van der Waals surface area contributed by atoms with E-state index in [0.717, 1.165) is 16.3 Å². The highest BCUT2D eigenvalue weighted by Gasteiger charge is 2.39. The van der Waals surface area contributed by atoms with Crippen LogP contribution in [0.15, 0.2) is 42.6 Å². The summed E-state index contributed by atoms with van der Waals surface area (Å²) in [7, 11) is 1.82. The van der Waals surface area contributed by atoms with E-state index >= 15 is 4.39 Å². The van der Waals surface area contributed by atoms with Crippen molar-refractivity contribution in [3.05, 3.63) is 54.0 Å². The van der Waals surface area contributed by atoms with Crippen molar-refractivity contribution in [2.45, 2.75) is 57.5 Å². The number of hydrogen-bond donors (Lipinski definition) is 0. The lowest BCUT2D eigenvalue weighted by Gasteiger charge is -2.42. The second kappa shape index (κ2) is 12.4. The maximum absolute atomic E-state index is 16.7. The summed E-state index contributed by atoms with van der Waals surface area (Å²) in [5.74, 6) is -1.02. The number of benzene rings is 2. The number of rotatable bonds is 7. The summed E-state index contributed by atoms with van der Waals surface area (Å²) in [6.45, 7) is 5.29. The minimum atomic E-state index is -2.10. The highest BCUT2D eigenvalue weighted by Crippen LogP contribution is 2.37. The number of likely N-dealkylation sites (tertiary alicyclic amines) is 1. The van der Waals surface area contributed by atoms with Crippen LogP contribution in [0.3, 0.4) is 0 Å². The van der Waals surface area contributed by atoms with Gasteiger partial charge in [-0.25, -0.2) is 13.2 Å². The van der Waals surface area contributed by atoms with Gasteiger partial charge in [-0.15, -0.1) is 0 Å². The summed E-state index contributed by atoms with van der Waals surface area (Å²) in [4.78, 5) is 31.7. The Kier molecular flexibility index (Phi) is 8.46. The van der Waals surface area contributed by atoms with Crippen LogP contribution >= 0.6 is 0 Å². The Morgan fingerprint density at radius 1 is 1.13 bits per heavy atom. The van der Waals surface area contributed by atoms with Gasteiger partial charge < -0.3 is 14.5 Å². The highest BCUT2D eigenvalue weighted by atomic mass is 19.1. The fourth-order valence-electron chi connectivity index (χ4n) is 6.55. The monoisotopic (exact) mass is 631 g/mol. The molecule has 2 saturated heterocycles. The number of likely N-dealkylation sites (N-methyl/N-ethyl adjacent to an activating group) is 1. The molecule has 4 aromatic rings. The van der Waals surface area contributed by atoms with Gasteiger partial charge in [0.05, 0.1) is 23.9 Å². The van der Waals surface area contributed by atoms with Gasteiger partial charge in [0.25, 0.3) is 5.91 Å². The molecule has 240 valence electrons. The van der Waals surface area contributed by atoms with E-state index in [0.29, 0.717) is 29.7 Å². The second-order valence-electron chi connectivity index (χ2n) is 12.7. The van der Waals surface area contributed by atoms with Crippen molar-refractivity contribution in [1.29, 1.82) is 5.26 Å². The predicted octanol–water partition coefficient (Wildman–Crippen LogP) is 5.39. The summed E-state index contributed by atoms with van der Waals surface area (Å²) in [6, 6.07) is 12.7. The molecule has 12 heteroatoms. The molecule has 46 heavy (non-hydrogen) atoms. The van der Waals surface area contributed by atoms with Gasteiger partial charge in [-0.2, -0.15) is 15.2 Å². The van der Waals surface area contributed by atoms with E-state index in [9.17, 15) is 18.8 Å². The average molecular weight is 632 g/mol. The van der Waals surface area contributed by atoms with Crippen LogP contribution in [0.5, 0.6) is 6.01 Å². The van der Waals surface area contributed by atoms with Crippen LogP contribution in [0.1, 0.15) is 32.3 Å². The molecule has 0 radical (unpaired) electrons. The Morgan fingerprint density at radius 3 is 2.59 bits per heavy atom. The molecule has 4 heterocycles. The minimum absolute atomic E-state index is 0.000961. The molecule has 6 rings (SSSR count). The first-order chi connectivity index (χ1) is 22.0. The standard InChI is InChI=1S/C34H36F3N7O2/c1-20-7-5-8-21-9-6-10-25(27(20)21)29-28(36)30-26(16-39-29)31(41-33(40-30)46-19-24-15-22(35)17-42(24)4)43-13-14-44(23(18-43)11-12-38)32(45)34(2,3)37/h5-10,16,22-24H,11,13-15,17-19H2,1-4H3/t22-,23+,24+/m1/s1. The normalized spacial score (nSPS) is 20.8. The van der Waals surface area contributed by atoms with Crippen molar-refractivity contribution in [2.75, 3.05) is 44.7 Å². The third-order valence-electron chi connectivity index (χ3n) is 8.93. The molecule has 2 aromatic heterocycles. The number of pyridine rings is 1. The Hall–Kier alpha value is -4.50. The molecule has 2 fully saturated rings. The van der Waals surface area contributed by atoms with Crippen LogP contribution in [-0.4, -0.2) is 94.4 Å². The van der Waals surface area contributed by atoms with Gasteiger partial charge >= 0.3 is 6.01 Å². The number of amides is 1. The van der Waals surface area contributed by atoms with Crippen LogP contribution in [-0.2, 0) is 4.79 Å². The van der Waals surface area contributed by atoms with Gasteiger partial charge in [0.1, 0.15) is 29.8 Å². The largest absolute Gasteiger partial charge is 0.462 e. The fourth-order valence-corrected chi connectivity index (χ4v) is 6.55. The first-order valence-corrected chi connectivity index (χ1v) is 15.4. The number of fused-ring (bicyclic) bond motifs is 2. The molecule has 0 saturated carbocycles. The van der Waals surface area contributed by atoms with E-state index < -0.39 is 29.6 Å². The quantitative estimate of drug-likeness (QED) is 0.268. The summed E-state index contributed by atoms with van der Waals surface area (Å²) in [5.41, 5.74) is -0.385. The molecule has 1 amide bonds. The lowest BCUT2D eigenvalue weighted by molar-refractivity contribution is -0.144. The van der Waals surface area contributed by atoms with Gasteiger partial charge in [-0.1, -0.05) is 36.4 Å². The summed E-state index contributed by atoms with van der Waals surface area (Å²) < 4.78 is 51.4. The van der Waals surface area contributed by atoms with Gasteiger partial charge in [-0.3, -0.25) is 14.7 Å². The van der Waals surface area contributed by atoms with Gasteiger partial charge in [0.2, 0.25) is 0 Å². The maximum atomic E-state index is 16.7. The number of carbonyl (C=O) groups is 1. The van der Waals surface area contributed by atoms with E-state index in [-0.39, 0.29) is 55.9 Å². The summed E-state index contributed by atoms with van der Waals surface area (Å²) >= 11 is 0. The molecule has 3 atom stereocenters. The summed E-state index contributed by atoms with van der Waals surface area (Å²) in [6.07, 6.45) is 0.841. The molecule has 2 aromatic carbocycles. The third-order valence-corrected chi connectivity index (χ3v) is 8.93. The number of hydrogen-bond acceptors (Lipinski definition) is 8. The molecular formula is C34H36F3N7O2. The molecule has 2 aliphatic heterocycles. The lowest BCUT2D eigenvalue weighted by atomic mass is 9.97. The molecular weight excluding hydrogens is 595 g/mol. The molecule has 0 aliphatic carbocycles. The van der Waals surface area contributed by atoms with Crippen molar-refractivity contribution in [3.8, 4) is 23.3 Å². The fraction of sp³-hybridized carbons (Fsp3) is 0.441. The number of aryl methyl sites for hydroxylation is 1. The molecule has 0 N–H and O–H groups in total. The third kappa shape index (κ3) is 5.91. The van der Waals surface area contributed by atoms with Crippen LogP contribution in [0.4, 0.5) is 19.0 Å². The molecule has 0 spiro atoms. The number of alkyl halides is 2. The zero-order valence-corrected chi connectivity index (χ0v) is 26.3. The Labute approximate surface area is 265 Å². The Bertz CT molecular complexity index is 1830. The zero-order chi connectivity index (χ0) is 32.7. The molecule has 0 unspecified atom stereocenters. The van der Waals surface area contributed by atoms with E-state index in [1.165, 1.54) is 24.9 Å². The SMILES string of the molecule is Cc1cccc2cccc(-c3ncc4c(N5CCN(C(=O)C(C)(C)F)[C@@H](CC#N)C5)nc(OC[C@@H]5C[C@@H](F)CN5C)nc4c3F)c12. The number of nitriles is 1. The van der Waals surface area contributed by atoms with Gasteiger partial charge in [-0.05, 0) is 50.6 Å². The van der Waals surface area contributed by atoms with E-state index in [1.807, 2.05) is 60.2 Å². The van der Waals surface area contributed by atoms with Crippen molar-refractivity contribution >= 4 is 33.4 Å². The Balaban J connectivity index is 1.44. The van der Waals surface area contributed by atoms with E-state index in [4.69, 9.17) is 4.74 Å². The summed E-state index contributed by atoms with van der Waals surface area (Å²) in [5, 5.41) is 11.7. The number of halogens is 3. The van der Waals surface area contributed by atoms with Gasteiger partial charge in [0.15, 0.2) is 11.5 Å². The molecule has 9 nitrogen and oxygen atoms in total. The molecule has 0 bridgehead atoms. The predicted molar refractivity (Wildman–Crippen MR) is 170 cm³/mol. The van der Waals surface area contributed by atoms with Crippen molar-refractivity contribution in [2.24, 2.45) is 0 Å². The van der Waals surface area contributed by atoms with Crippen molar-refractivity contribution < 1.29 is 22.7 Å². The van der Waals surface area contributed by atoms with Crippen molar-refractivity contribution in [3.63, 3.8) is 0 Å². The van der Waals surface area contributed by atoms with Crippen LogP contribution < -0.4 is 9.64 Å². The number of anilines is 1. The Morgan fingerprint density at radius 2 is 1.89 bits per heavy atom. The van der Waals surface area contributed by atoms with E-state index in [2.05, 4.69) is 21.0 Å². The minimum Gasteiger partial charge on any atom is -0.462 e. The number of piperazine rings is 1. The highest BCUT2D eigenvalue weighted by molar-refractivity contribution is 6.00. The van der Waals surface area contributed by atoms with Crippen molar-refractivity contribution in [1.82, 2.24) is 24.8 Å². The average Bonchev–Trinajstić information content (AvgIpc) is 3.35. The van der Waals surface area contributed by atoms with E-state index in [1.54, 1.807) is 0 Å². The number of nitrogens with zero attached hydrogens (tertiary/aromatic N) is 7. The number of ether oxygens (including phenoxy) is 1. The molecule has 2 aliphatic rings. The topological polar surface area (TPSA) is 98.5 Å². The maximum Gasteiger partial charge on any atom is 0.319 e. The first-order valence-electron chi connectivity index (χ1n) is 15.4. The number of aromatic nitrogens is 3. The van der Waals surface area contributed by atoms with Crippen LogP contribution in [0, 0.1) is 24.1 Å². The smallest absolute Gasteiger partial charge is 0.319 e. The van der Waals surface area contributed by atoms with Gasteiger partial charge in [0, 0.05) is 44.0 Å².